The molecule has 154 valence electrons. The second-order valence-corrected chi connectivity index (χ2v) is 8.22. The number of para-hydroxylation sites is 1. The Kier molecular flexibility index (Phi) is 6.96. The van der Waals surface area contributed by atoms with Crippen LogP contribution < -0.4 is 4.90 Å². The van der Waals surface area contributed by atoms with Crippen molar-refractivity contribution < 1.29 is 9.90 Å². The molecule has 2 aliphatic rings. The number of aliphatic imine (C=N–C) groups is 1. The number of carboxylic acid groups (broad SMARTS) is 1. The Labute approximate surface area is 179 Å². The molecule has 0 aromatic heterocycles. The quantitative estimate of drug-likeness (QED) is 0.616. The second kappa shape index (κ2) is 9.45. The summed E-state index contributed by atoms with van der Waals surface area (Å²) >= 11 is 0. The minimum Gasteiger partial charge on any atom is -0.478 e. The zero-order chi connectivity index (χ0) is 19.4. The van der Waals surface area contributed by atoms with E-state index in [1.807, 2.05) is 0 Å². The standard InChI is InChI=1S/C24H28N2O2.ClH/c27-23(28)21-6-2-3-7-22(21)25-18-19-8-10-20(11-9-19)26-16-14-24(15-17-26)12-4-1-5-13-24;/h2-3,6-11,18H,1,4-5,12-17H2,(H,27,28);1H. The normalized spacial score (nSPS) is 18.6. The van der Waals surface area contributed by atoms with Crippen LogP contribution in [-0.4, -0.2) is 30.4 Å². The summed E-state index contributed by atoms with van der Waals surface area (Å²) in [7, 11) is 0. The number of benzene rings is 2. The van der Waals surface area contributed by atoms with Gasteiger partial charge in [-0.1, -0.05) is 43.5 Å². The number of rotatable bonds is 4. The maximum absolute atomic E-state index is 11.3. The lowest BCUT2D eigenvalue weighted by molar-refractivity contribution is 0.0698. The molecule has 0 amide bonds. The van der Waals surface area contributed by atoms with E-state index in [4.69, 9.17) is 0 Å². The average Bonchev–Trinajstić information content (AvgIpc) is 2.74. The van der Waals surface area contributed by atoms with E-state index in [1.54, 1.807) is 30.5 Å². The molecule has 1 spiro atoms. The Morgan fingerprint density at radius 3 is 2.24 bits per heavy atom. The molecule has 1 heterocycles. The maximum atomic E-state index is 11.3. The summed E-state index contributed by atoms with van der Waals surface area (Å²) in [5.41, 5.74) is 3.57. The summed E-state index contributed by atoms with van der Waals surface area (Å²) in [6, 6.07) is 15.3. The number of aromatic carboxylic acids is 1. The zero-order valence-corrected chi connectivity index (χ0v) is 17.5. The Morgan fingerprint density at radius 2 is 1.59 bits per heavy atom. The third kappa shape index (κ3) is 4.99. The van der Waals surface area contributed by atoms with Gasteiger partial charge in [0.2, 0.25) is 0 Å². The van der Waals surface area contributed by atoms with Crippen molar-refractivity contribution in [2.75, 3.05) is 18.0 Å². The largest absolute Gasteiger partial charge is 0.478 e. The number of anilines is 1. The van der Waals surface area contributed by atoms with Crippen molar-refractivity contribution in [3.8, 4) is 0 Å². The molecule has 5 heteroatoms. The third-order valence-electron chi connectivity index (χ3n) is 6.48. The number of piperidine rings is 1. The van der Waals surface area contributed by atoms with E-state index in [9.17, 15) is 9.90 Å². The molecule has 2 aromatic rings. The Bertz CT molecular complexity index is 847. The van der Waals surface area contributed by atoms with E-state index in [2.05, 4.69) is 34.2 Å². The summed E-state index contributed by atoms with van der Waals surface area (Å²) in [4.78, 5) is 18.2. The first-order valence-electron chi connectivity index (χ1n) is 10.4. The molecular weight excluding hydrogens is 384 g/mol. The van der Waals surface area contributed by atoms with E-state index in [1.165, 1.54) is 50.6 Å². The first kappa shape index (κ1) is 21.4. The number of carboxylic acids is 1. The molecule has 0 unspecified atom stereocenters. The minimum absolute atomic E-state index is 0. The van der Waals surface area contributed by atoms with Crippen LogP contribution in [0, 0.1) is 5.41 Å². The van der Waals surface area contributed by atoms with E-state index in [0.29, 0.717) is 11.1 Å². The lowest BCUT2D eigenvalue weighted by Gasteiger charge is -2.45. The van der Waals surface area contributed by atoms with E-state index < -0.39 is 5.97 Å². The molecule has 2 aromatic carbocycles. The highest BCUT2D eigenvalue weighted by Crippen LogP contribution is 2.45. The van der Waals surface area contributed by atoms with Crippen molar-refractivity contribution in [1.82, 2.24) is 0 Å². The van der Waals surface area contributed by atoms with Gasteiger partial charge in [0, 0.05) is 25.0 Å². The summed E-state index contributed by atoms with van der Waals surface area (Å²) < 4.78 is 0. The van der Waals surface area contributed by atoms with Crippen molar-refractivity contribution in [3.05, 3.63) is 59.7 Å². The van der Waals surface area contributed by atoms with Gasteiger partial charge >= 0.3 is 5.97 Å². The number of halogens is 1. The van der Waals surface area contributed by atoms with Gasteiger partial charge in [-0.15, -0.1) is 12.4 Å². The molecule has 4 rings (SSSR count). The van der Waals surface area contributed by atoms with E-state index in [-0.39, 0.29) is 18.0 Å². The van der Waals surface area contributed by atoms with E-state index in [0.717, 1.165) is 18.7 Å². The number of hydrogen-bond acceptors (Lipinski definition) is 3. The molecule has 1 aliphatic carbocycles. The zero-order valence-electron chi connectivity index (χ0n) is 16.7. The Hall–Kier alpha value is -2.33. The lowest BCUT2D eigenvalue weighted by Crippen LogP contribution is -2.41. The van der Waals surface area contributed by atoms with Crippen molar-refractivity contribution in [3.63, 3.8) is 0 Å². The van der Waals surface area contributed by atoms with Gasteiger partial charge in [0.05, 0.1) is 11.3 Å². The highest BCUT2D eigenvalue weighted by atomic mass is 35.5. The molecule has 1 N–H and O–H groups in total. The predicted octanol–water partition coefficient (Wildman–Crippen LogP) is 6.11. The van der Waals surface area contributed by atoms with Gasteiger partial charge in [0.15, 0.2) is 0 Å². The first-order chi connectivity index (χ1) is 13.7. The van der Waals surface area contributed by atoms with Crippen LogP contribution in [0.15, 0.2) is 53.5 Å². The number of hydrogen-bond donors (Lipinski definition) is 1. The Balaban J connectivity index is 0.00000240. The highest BCUT2D eigenvalue weighted by molar-refractivity contribution is 5.95. The summed E-state index contributed by atoms with van der Waals surface area (Å²) in [5, 5.41) is 9.26. The van der Waals surface area contributed by atoms with Gasteiger partial charge in [0.1, 0.15) is 0 Å². The topological polar surface area (TPSA) is 52.9 Å². The summed E-state index contributed by atoms with van der Waals surface area (Å²) in [6.07, 6.45) is 11.5. The van der Waals surface area contributed by atoms with Crippen LogP contribution in [0.3, 0.4) is 0 Å². The molecule has 2 fully saturated rings. The molecule has 0 bridgehead atoms. The predicted molar refractivity (Wildman–Crippen MR) is 121 cm³/mol. The lowest BCUT2D eigenvalue weighted by atomic mass is 9.68. The van der Waals surface area contributed by atoms with Crippen LogP contribution in [0.25, 0.3) is 0 Å². The fourth-order valence-electron chi connectivity index (χ4n) is 4.72. The molecule has 0 atom stereocenters. The Morgan fingerprint density at radius 1 is 0.931 bits per heavy atom. The summed E-state index contributed by atoms with van der Waals surface area (Å²) in [6.45, 7) is 2.30. The molecule has 1 saturated carbocycles. The molecule has 1 aliphatic heterocycles. The molecule has 0 radical (unpaired) electrons. The molecule has 29 heavy (non-hydrogen) atoms. The number of carbonyl (C=O) groups is 1. The summed E-state index contributed by atoms with van der Waals surface area (Å²) in [5.74, 6) is -0.955. The van der Waals surface area contributed by atoms with Gasteiger partial charge in [-0.2, -0.15) is 0 Å². The average molecular weight is 413 g/mol. The minimum atomic E-state index is -0.955. The van der Waals surface area contributed by atoms with Gasteiger partial charge in [-0.05, 0) is 60.9 Å². The molecule has 1 saturated heterocycles. The van der Waals surface area contributed by atoms with Gasteiger partial charge in [-0.3, -0.25) is 4.99 Å². The van der Waals surface area contributed by atoms with Crippen molar-refractivity contribution >= 4 is 36.0 Å². The fourth-order valence-corrected chi connectivity index (χ4v) is 4.72. The van der Waals surface area contributed by atoms with Gasteiger partial charge in [0.25, 0.3) is 0 Å². The van der Waals surface area contributed by atoms with Crippen LogP contribution in [-0.2, 0) is 0 Å². The van der Waals surface area contributed by atoms with Gasteiger partial charge < -0.3 is 10.0 Å². The molecular formula is C24H29ClN2O2. The number of nitrogens with zero attached hydrogens (tertiary/aromatic N) is 2. The van der Waals surface area contributed by atoms with Crippen LogP contribution >= 0.6 is 12.4 Å². The van der Waals surface area contributed by atoms with Crippen LogP contribution in [0.5, 0.6) is 0 Å². The monoisotopic (exact) mass is 412 g/mol. The van der Waals surface area contributed by atoms with Crippen molar-refractivity contribution in [1.29, 1.82) is 0 Å². The SMILES string of the molecule is Cl.O=C(O)c1ccccc1N=Cc1ccc(N2CCC3(CCCCC3)CC2)cc1. The first-order valence-corrected chi connectivity index (χ1v) is 10.4. The highest BCUT2D eigenvalue weighted by Gasteiger charge is 2.35. The van der Waals surface area contributed by atoms with Crippen LogP contribution in [0.2, 0.25) is 0 Å². The smallest absolute Gasteiger partial charge is 0.337 e. The van der Waals surface area contributed by atoms with Crippen molar-refractivity contribution in [2.24, 2.45) is 10.4 Å². The molecule has 4 nitrogen and oxygen atoms in total. The van der Waals surface area contributed by atoms with Gasteiger partial charge in [-0.25, -0.2) is 4.79 Å². The van der Waals surface area contributed by atoms with E-state index >= 15 is 0 Å². The van der Waals surface area contributed by atoms with Crippen molar-refractivity contribution in [2.45, 2.75) is 44.9 Å². The van der Waals surface area contributed by atoms with Crippen LogP contribution in [0.4, 0.5) is 11.4 Å². The third-order valence-corrected chi connectivity index (χ3v) is 6.48. The fraction of sp³-hybridized carbons (Fsp3) is 0.417. The van der Waals surface area contributed by atoms with Crippen LogP contribution in [0.1, 0.15) is 60.9 Å². The maximum Gasteiger partial charge on any atom is 0.337 e. The second-order valence-electron chi connectivity index (χ2n) is 8.22.